The fourth-order valence-electron chi connectivity index (χ4n) is 10.2. The lowest BCUT2D eigenvalue weighted by atomic mass is 10.1. The summed E-state index contributed by atoms with van der Waals surface area (Å²) in [6.45, 7) is -11.8. The van der Waals surface area contributed by atoms with Gasteiger partial charge in [-0.1, -0.05) is 91.0 Å². The minimum atomic E-state index is -4.88. The second-order valence-electron chi connectivity index (χ2n) is 19.3. The molecule has 5 aliphatic rings. The number of fused-ring (bicyclic) bond motifs is 10. The van der Waals surface area contributed by atoms with Gasteiger partial charge < -0.3 is 18.9 Å². The highest BCUT2D eigenvalue weighted by atomic mass is 32.7. The van der Waals surface area contributed by atoms with Crippen LogP contribution < -0.4 is 9.80 Å². The van der Waals surface area contributed by atoms with Crippen LogP contribution in [0.1, 0.15) is 44.3 Å². The fraction of sp³-hybridized carbons (Fsp3) is 0.259. The summed E-state index contributed by atoms with van der Waals surface area (Å²) in [5, 5.41) is 24.3. The van der Waals surface area contributed by atoms with Crippen LogP contribution >= 0.6 is 36.4 Å². The van der Waals surface area contributed by atoms with Gasteiger partial charge in [-0.2, -0.15) is 0 Å². The van der Waals surface area contributed by atoms with Crippen LogP contribution in [-0.4, -0.2) is 114 Å². The predicted octanol–water partition coefficient (Wildman–Crippen LogP) is 10.9. The van der Waals surface area contributed by atoms with E-state index in [1.54, 1.807) is 91.0 Å². The second kappa shape index (κ2) is 23.8. The highest BCUT2D eigenvalue weighted by Gasteiger charge is 2.56. The zero-order valence-corrected chi connectivity index (χ0v) is 46.9. The van der Waals surface area contributed by atoms with E-state index in [-0.39, 0.29) is 74.9 Å². The molecule has 5 aromatic carbocycles. The molecule has 84 heavy (non-hydrogen) atoms. The number of hydrogen-bond acceptors (Lipinski definition) is 20. The Balaban J connectivity index is 1.02. The number of halogens is 2. The Morgan fingerprint density at radius 3 is 1.64 bits per heavy atom. The quantitative estimate of drug-likeness (QED) is 0.0532. The van der Waals surface area contributed by atoms with Crippen LogP contribution in [0.3, 0.4) is 0 Å². The third-order valence-electron chi connectivity index (χ3n) is 14.3. The number of amides is 2. The molecule has 24 nitrogen and oxygen atoms in total. The molecule has 8 aromatic rings. The predicted molar refractivity (Wildman–Crippen MR) is 304 cm³/mol. The van der Waals surface area contributed by atoms with Crippen molar-refractivity contribution in [1.29, 1.82) is 0 Å². The number of aromatic nitrogens is 6. The highest BCUT2D eigenvalue weighted by Crippen LogP contribution is 2.67. The lowest BCUT2D eigenvalue weighted by Crippen LogP contribution is -2.37. The molecule has 0 aliphatic carbocycles. The summed E-state index contributed by atoms with van der Waals surface area (Å²) in [7, 11) is 0. The number of nitro groups is 2. The van der Waals surface area contributed by atoms with E-state index < -0.39 is 109 Å². The lowest BCUT2D eigenvalue weighted by Gasteiger charge is -2.30. The molecule has 3 saturated heterocycles. The van der Waals surface area contributed by atoms with Gasteiger partial charge in [-0.15, -0.1) is 0 Å². The van der Waals surface area contributed by atoms with E-state index in [1.807, 2.05) is 0 Å². The van der Waals surface area contributed by atoms with Crippen molar-refractivity contribution in [2.75, 3.05) is 36.1 Å². The number of ether oxygens (including phenoxy) is 2. The van der Waals surface area contributed by atoms with E-state index in [4.69, 9.17) is 27.6 Å². The molecule has 2 amide bonds. The van der Waals surface area contributed by atoms with Gasteiger partial charge in [-0.3, -0.25) is 57.4 Å². The minimum Gasteiger partial charge on any atom is -0.346 e. The molecule has 10 atom stereocenters. The Hall–Kier alpha value is -7.62. The third-order valence-corrected chi connectivity index (χ3v) is 21.5. The van der Waals surface area contributed by atoms with Gasteiger partial charge in [0.05, 0.1) is 46.9 Å². The molecule has 30 heteroatoms. The number of imidazole rings is 2. The first-order chi connectivity index (χ1) is 40.7. The SMILES string of the molecule is O=C(c1ccccc1)N1C/C=C/CN(C(=O)c2ccccc2)c2cccc3c2ncn3[C@@H]2O[C@@H]3CO[P@](=O)(SCc4ccccc4[N+](=O)[O-])O[C@@H]4[C@@H](CO[P@@](=O)(SCc5ccccc5[N+](=O)[O-])O[C@H]3[C@H]2F)OC([C@@H]4F)n2cnc3c1ncnc32. The van der Waals surface area contributed by atoms with E-state index in [1.165, 1.54) is 80.1 Å². The van der Waals surface area contributed by atoms with Crippen LogP contribution in [0.5, 0.6) is 0 Å². The van der Waals surface area contributed by atoms with Gasteiger partial charge in [0.1, 0.15) is 36.3 Å². The van der Waals surface area contributed by atoms with Crippen molar-refractivity contribution in [1.82, 2.24) is 29.1 Å². The van der Waals surface area contributed by atoms with E-state index >= 15 is 17.9 Å². The van der Waals surface area contributed by atoms with Gasteiger partial charge in [0, 0.05) is 59.0 Å². The molecular formula is C54H46F2N10O14P2S2. The van der Waals surface area contributed by atoms with Crippen molar-refractivity contribution in [2.24, 2.45) is 0 Å². The third kappa shape index (κ3) is 11.2. The van der Waals surface area contributed by atoms with Crippen LogP contribution in [0.2, 0.25) is 0 Å². The number of benzene rings is 5. The first-order valence-electron chi connectivity index (χ1n) is 25.9. The molecule has 14 bridgehead atoms. The number of nitrogens with zero attached hydrogens (tertiary/aromatic N) is 10. The molecule has 8 heterocycles. The summed E-state index contributed by atoms with van der Waals surface area (Å²) in [6.07, 6.45) is -8.36. The first kappa shape index (κ1) is 56.8. The Labute approximate surface area is 482 Å². The molecule has 432 valence electrons. The van der Waals surface area contributed by atoms with Gasteiger partial charge in [0.2, 0.25) is 0 Å². The number of carbonyl (C=O) groups excluding carboxylic acids is 2. The molecule has 3 aromatic heterocycles. The van der Waals surface area contributed by atoms with Crippen LogP contribution in [0.25, 0.3) is 22.2 Å². The van der Waals surface area contributed by atoms with Crippen molar-refractivity contribution in [3.8, 4) is 0 Å². The van der Waals surface area contributed by atoms with Crippen molar-refractivity contribution in [3.05, 3.63) is 201 Å². The molecule has 13 rings (SSSR count). The molecule has 0 N–H and O–H groups in total. The topological polar surface area (TPSA) is 278 Å². The van der Waals surface area contributed by atoms with Crippen molar-refractivity contribution < 1.29 is 64.9 Å². The molecule has 1 unspecified atom stereocenters. The number of nitro benzene ring substituents is 2. The number of hydrogen-bond donors (Lipinski definition) is 0. The van der Waals surface area contributed by atoms with E-state index in [0.717, 1.165) is 6.33 Å². The van der Waals surface area contributed by atoms with Crippen LogP contribution in [0, 0.1) is 20.2 Å². The minimum absolute atomic E-state index is 0.00409. The van der Waals surface area contributed by atoms with Crippen LogP contribution in [0.4, 0.5) is 31.7 Å². The van der Waals surface area contributed by atoms with Gasteiger partial charge in [-0.25, -0.2) is 37.8 Å². The maximum absolute atomic E-state index is 17.9. The lowest BCUT2D eigenvalue weighted by molar-refractivity contribution is -0.385. The van der Waals surface area contributed by atoms with Gasteiger partial charge in [-0.05, 0) is 59.2 Å². The van der Waals surface area contributed by atoms with E-state index in [2.05, 4.69) is 19.9 Å². The number of para-hydroxylation sites is 3. The van der Waals surface area contributed by atoms with E-state index in [9.17, 15) is 29.8 Å². The molecule has 3 fully saturated rings. The van der Waals surface area contributed by atoms with Crippen molar-refractivity contribution >= 4 is 93.3 Å². The average molecular weight is 1220 g/mol. The Kier molecular flexibility index (Phi) is 16.1. The zero-order valence-electron chi connectivity index (χ0n) is 43.5. The monoisotopic (exact) mass is 1220 g/mol. The summed E-state index contributed by atoms with van der Waals surface area (Å²) in [5.74, 6) is -1.79. The largest absolute Gasteiger partial charge is 0.390 e. The summed E-state index contributed by atoms with van der Waals surface area (Å²) in [6, 6.07) is 32.8. The van der Waals surface area contributed by atoms with E-state index in [0.29, 0.717) is 28.3 Å². The number of rotatable bonds is 10. The zero-order chi connectivity index (χ0) is 58.3. The van der Waals surface area contributed by atoms with Crippen molar-refractivity contribution in [2.45, 2.75) is 60.7 Å². The number of anilines is 2. The summed E-state index contributed by atoms with van der Waals surface area (Å²) >= 11 is 0.928. The standard InChI is InChI=1S/C54H46F2N10O14P2S2/c55-43-47-41-26-75-82(74,84-29-36-19-8-10-21-38(36)66(71)72)80-48-42(27-76-81(73,79-47)83-28-35-18-7-9-20-37(35)65(69)70)78-54(44(48)56)64-32-60-46-49(57-30-58-50(46)64)62(52(68)34-16-5-2-6-17-34)25-12-11-24-61(51(67)33-14-3-1-4-15-33)39-22-13-23-40-45(39)59-31-63(40)53(43)77-41/h1-23,30-32,41-44,47-48,53-54H,24-29H2/b12-11+/t41-,42-,43-,44-,47-,48-,53-,54?,81-,82+/m1/s1. The second-order valence-corrected chi connectivity index (χ2v) is 27.4. The number of carbonyl (C=O) groups is 2. The highest BCUT2D eigenvalue weighted by molar-refractivity contribution is 8.55. The number of alkyl halides is 2. The molecule has 5 aliphatic heterocycles. The van der Waals surface area contributed by atoms with Gasteiger partial charge >= 0.3 is 13.6 Å². The maximum atomic E-state index is 17.9. The Bertz CT molecular complexity index is 3720. The normalized spacial score (nSPS) is 26.7. The maximum Gasteiger partial charge on any atom is 0.390 e. The summed E-state index contributed by atoms with van der Waals surface area (Å²) in [4.78, 5) is 73.3. The van der Waals surface area contributed by atoms with Crippen molar-refractivity contribution in [3.63, 3.8) is 0 Å². The fourth-order valence-corrected chi connectivity index (χ4v) is 17.0. The summed E-state index contributed by atoms with van der Waals surface area (Å²) < 4.78 is 107. The Morgan fingerprint density at radius 2 is 1.08 bits per heavy atom. The van der Waals surface area contributed by atoms with Gasteiger partial charge in [0.15, 0.2) is 41.8 Å². The van der Waals surface area contributed by atoms with Crippen LogP contribution in [0.15, 0.2) is 159 Å². The Morgan fingerprint density at radius 1 is 0.595 bits per heavy atom. The smallest absolute Gasteiger partial charge is 0.346 e. The first-order valence-corrected chi connectivity index (χ1v) is 32.1. The molecular weight excluding hydrogens is 1180 g/mol. The van der Waals surface area contributed by atoms with Crippen LogP contribution in [-0.2, 0) is 48.2 Å². The molecule has 0 radical (unpaired) electrons. The molecule has 0 spiro atoms. The summed E-state index contributed by atoms with van der Waals surface area (Å²) in [5.41, 5.74) is 0.726. The van der Waals surface area contributed by atoms with Gasteiger partial charge in [0.25, 0.3) is 23.2 Å². The average Bonchev–Trinajstić information content (AvgIpc) is 4.50. The molecule has 0 saturated carbocycles.